The van der Waals surface area contributed by atoms with Crippen molar-refractivity contribution in [3.05, 3.63) is 91.0 Å². The zero-order valence-electron chi connectivity index (χ0n) is 16.9. The first kappa shape index (κ1) is 24.1. The van der Waals surface area contributed by atoms with Gasteiger partial charge in [-0.05, 0) is 42.8 Å². The molecule has 0 bridgehead atoms. The van der Waals surface area contributed by atoms with Crippen molar-refractivity contribution in [3.63, 3.8) is 0 Å². The Bertz CT molecular complexity index is 743. The molecule has 7 heteroatoms. The van der Waals surface area contributed by atoms with E-state index in [4.69, 9.17) is 4.74 Å². The summed E-state index contributed by atoms with van der Waals surface area (Å²) in [7, 11) is -7.82. The van der Waals surface area contributed by atoms with Gasteiger partial charge in [0.05, 0.1) is 6.61 Å². The number of unbranched alkanes of at least 4 members (excludes halogenated alkanes) is 1. The van der Waals surface area contributed by atoms with E-state index in [9.17, 15) is 17.3 Å². The van der Waals surface area contributed by atoms with Crippen LogP contribution in [-0.2, 0) is 4.74 Å². The molecule has 0 aliphatic carbocycles. The van der Waals surface area contributed by atoms with Crippen molar-refractivity contribution >= 4 is 30.4 Å². The fraction of sp³-hybridized carbons (Fsp3) is 0.217. The summed E-state index contributed by atoms with van der Waals surface area (Å²) in [6.45, 7) is 3.03. The van der Waals surface area contributed by atoms with Gasteiger partial charge in [0.25, 0.3) is 0 Å². The highest BCUT2D eigenvalue weighted by Gasteiger charge is 2.45. The van der Waals surface area contributed by atoms with Gasteiger partial charge in [0.1, 0.15) is 23.2 Å². The van der Waals surface area contributed by atoms with Crippen LogP contribution < -0.4 is 15.9 Å². The molecule has 0 aromatic heterocycles. The van der Waals surface area contributed by atoms with Gasteiger partial charge >= 0.3 is 7.25 Å². The minimum atomic E-state index is -6.00. The third-order valence-electron chi connectivity index (χ3n) is 4.52. The lowest BCUT2D eigenvalue weighted by Crippen LogP contribution is -2.34. The Morgan fingerprint density at radius 3 is 1.30 bits per heavy atom. The Hall–Kier alpha value is -2.17. The van der Waals surface area contributed by atoms with Crippen LogP contribution in [0.15, 0.2) is 91.0 Å². The van der Waals surface area contributed by atoms with Crippen LogP contribution >= 0.6 is 7.26 Å². The maximum Gasteiger partial charge on any atom is 0.673 e. The van der Waals surface area contributed by atoms with Gasteiger partial charge in [0.2, 0.25) is 0 Å². The Labute approximate surface area is 176 Å². The number of rotatable bonds is 8. The fourth-order valence-corrected chi connectivity index (χ4v) is 6.95. The first-order valence-corrected chi connectivity index (χ1v) is 11.9. The summed E-state index contributed by atoms with van der Waals surface area (Å²) < 4.78 is 45.3. The molecule has 160 valence electrons. The van der Waals surface area contributed by atoms with Crippen LogP contribution in [0.2, 0.25) is 0 Å². The van der Waals surface area contributed by atoms with Gasteiger partial charge in [0.15, 0.2) is 6.35 Å². The average molecular weight is 436 g/mol. The van der Waals surface area contributed by atoms with Crippen LogP contribution in [0.1, 0.15) is 19.8 Å². The highest BCUT2D eigenvalue weighted by molar-refractivity contribution is 7.95. The number of ether oxygens (including phenoxy) is 1. The molecular formula is C23H26BF4OP. The molecule has 0 heterocycles. The molecule has 0 N–H and O–H groups in total. The summed E-state index contributed by atoms with van der Waals surface area (Å²) in [6, 6.07) is 32.7. The number of hydrogen-bond acceptors (Lipinski definition) is 1. The Balaban J connectivity index is 0.000000575. The van der Waals surface area contributed by atoms with Crippen LogP contribution in [0.25, 0.3) is 0 Å². The van der Waals surface area contributed by atoms with E-state index < -0.39 is 14.5 Å². The van der Waals surface area contributed by atoms with Crippen LogP contribution in [0.5, 0.6) is 0 Å². The van der Waals surface area contributed by atoms with E-state index in [0.29, 0.717) is 0 Å². The summed E-state index contributed by atoms with van der Waals surface area (Å²) in [5, 5.41) is 4.14. The topological polar surface area (TPSA) is 9.23 Å². The molecule has 30 heavy (non-hydrogen) atoms. The SMILES string of the molecule is CCCCOC[P+](c1ccccc1)(c1ccccc1)c1ccccc1.F[B-](F)(F)F. The molecule has 0 amide bonds. The number of benzene rings is 3. The molecule has 3 aromatic rings. The Morgan fingerprint density at radius 1 is 0.667 bits per heavy atom. The molecule has 3 rings (SSSR count). The van der Waals surface area contributed by atoms with Gasteiger partial charge in [-0.1, -0.05) is 67.9 Å². The van der Waals surface area contributed by atoms with Crippen LogP contribution in [0.4, 0.5) is 17.3 Å². The van der Waals surface area contributed by atoms with E-state index in [1.54, 1.807) is 0 Å². The molecule has 0 fully saturated rings. The predicted molar refractivity (Wildman–Crippen MR) is 121 cm³/mol. The van der Waals surface area contributed by atoms with Crippen molar-refractivity contribution in [2.24, 2.45) is 0 Å². The van der Waals surface area contributed by atoms with Gasteiger partial charge < -0.3 is 22.0 Å². The van der Waals surface area contributed by atoms with E-state index in [0.717, 1.165) is 25.8 Å². The average Bonchev–Trinajstić information content (AvgIpc) is 2.75. The molecule has 0 saturated heterocycles. The van der Waals surface area contributed by atoms with Gasteiger partial charge in [-0.3, -0.25) is 0 Å². The van der Waals surface area contributed by atoms with Crippen molar-refractivity contribution in [1.82, 2.24) is 0 Å². The van der Waals surface area contributed by atoms with Crippen molar-refractivity contribution in [2.45, 2.75) is 19.8 Å². The minimum Gasteiger partial charge on any atom is -0.418 e. The molecule has 0 radical (unpaired) electrons. The van der Waals surface area contributed by atoms with Gasteiger partial charge in [0, 0.05) is 0 Å². The van der Waals surface area contributed by atoms with Crippen molar-refractivity contribution in [1.29, 1.82) is 0 Å². The van der Waals surface area contributed by atoms with Crippen LogP contribution in [0, 0.1) is 0 Å². The molecule has 0 unspecified atom stereocenters. The first-order chi connectivity index (χ1) is 14.4. The summed E-state index contributed by atoms with van der Waals surface area (Å²) in [4.78, 5) is 0. The van der Waals surface area contributed by atoms with Crippen molar-refractivity contribution in [2.75, 3.05) is 13.0 Å². The van der Waals surface area contributed by atoms with E-state index in [1.165, 1.54) is 15.9 Å². The zero-order chi connectivity index (χ0) is 21.9. The zero-order valence-corrected chi connectivity index (χ0v) is 17.8. The third kappa shape index (κ3) is 7.26. The molecule has 0 atom stereocenters. The van der Waals surface area contributed by atoms with Gasteiger partial charge in [-0.15, -0.1) is 0 Å². The van der Waals surface area contributed by atoms with Gasteiger partial charge in [-0.2, -0.15) is 0 Å². The fourth-order valence-electron chi connectivity index (χ4n) is 3.17. The maximum atomic E-state index is 9.75. The second kappa shape index (κ2) is 11.9. The molecule has 3 aromatic carbocycles. The largest absolute Gasteiger partial charge is 0.673 e. The quantitative estimate of drug-likeness (QED) is 0.181. The second-order valence-corrected chi connectivity index (χ2v) is 10.1. The maximum absolute atomic E-state index is 9.75. The standard InChI is InChI=1S/C23H26OP.BF4/c1-2-3-19-24-20-25(21-13-7-4-8-14-21,22-15-9-5-10-16-22)23-17-11-6-12-18-23;2-1(3,4)5/h4-18H,2-3,19-20H2,1H3;/q+1;-1. The molecule has 1 nitrogen and oxygen atoms in total. The summed E-state index contributed by atoms with van der Waals surface area (Å²) in [5.74, 6) is 0. The molecular weight excluding hydrogens is 410 g/mol. The lowest BCUT2D eigenvalue weighted by Gasteiger charge is -2.27. The lowest BCUT2D eigenvalue weighted by molar-refractivity contribution is 0.176. The second-order valence-electron chi connectivity index (χ2n) is 6.70. The smallest absolute Gasteiger partial charge is 0.418 e. The molecule has 0 aliphatic rings. The van der Waals surface area contributed by atoms with Crippen LogP contribution in [-0.4, -0.2) is 20.2 Å². The highest BCUT2D eigenvalue weighted by atomic mass is 31.2. The predicted octanol–water partition coefficient (Wildman–Crippen LogP) is 6.05. The minimum absolute atomic E-state index is 0.755. The molecule has 0 aliphatic heterocycles. The number of halogens is 4. The van der Waals surface area contributed by atoms with E-state index >= 15 is 0 Å². The monoisotopic (exact) mass is 436 g/mol. The summed E-state index contributed by atoms with van der Waals surface area (Å²) in [6.07, 6.45) is 3.02. The first-order valence-electron chi connectivity index (χ1n) is 9.88. The normalized spacial score (nSPS) is 11.5. The van der Waals surface area contributed by atoms with Gasteiger partial charge in [-0.25, -0.2) is 0 Å². The van der Waals surface area contributed by atoms with E-state index in [2.05, 4.69) is 97.9 Å². The lowest BCUT2D eigenvalue weighted by atomic mass is 10.3. The molecule has 0 saturated carbocycles. The van der Waals surface area contributed by atoms with Crippen LogP contribution in [0.3, 0.4) is 0 Å². The summed E-state index contributed by atoms with van der Waals surface area (Å²) in [5.41, 5.74) is 0. The van der Waals surface area contributed by atoms with E-state index in [1.807, 2.05) is 0 Å². The van der Waals surface area contributed by atoms with E-state index in [-0.39, 0.29) is 0 Å². The Kier molecular flexibility index (Phi) is 9.54. The Morgan fingerprint density at radius 2 is 1.00 bits per heavy atom. The number of hydrogen-bond donors (Lipinski definition) is 0. The summed E-state index contributed by atoms with van der Waals surface area (Å²) >= 11 is 0. The van der Waals surface area contributed by atoms with Crippen molar-refractivity contribution < 1.29 is 22.0 Å². The van der Waals surface area contributed by atoms with Crippen molar-refractivity contribution in [3.8, 4) is 0 Å². The molecule has 0 spiro atoms. The highest BCUT2D eigenvalue weighted by Crippen LogP contribution is 2.55. The third-order valence-corrected chi connectivity index (χ3v) is 8.63.